The number of anilines is 1. The van der Waals surface area contributed by atoms with Gasteiger partial charge in [-0.15, -0.1) is 11.3 Å². The minimum atomic E-state index is -0.0835. The molecule has 2 aromatic heterocycles. The number of hydrogen-bond donors (Lipinski definition) is 2. The molecule has 5 nitrogen and oxygen atoms in total. The second-order valence-corrected chi connectivity index (χ2v) is 7.26. The lowest BCUT2D eigenvalue weighted by Gasteiger charge is -2.10. The summed E-state index contributed by atoms with van der Waals surface area (Å²) in [7, 11) is 0. The molecule has 0 radical (unpaired) electrons. The van der Waals surface area contributed by atoms with Crippen LogP contribution in [-0.2, 0) is 6.42 Å². The Hall–Kier alpha value is -2.73. The van der Waals surface area contributed by atoms with Gasteiger partial charge in [0.2, 0.25) is 0 Å². The molecule has 3 rings (SSSR count). The monoisotopic (exact) mass is 366 g/mol. The molecule has 0 atom stereocenters. The summed E-state index contributed by atoms with van der Waals surface area (Å²) < 4.78 is 0. The van der Waals surface area contributed by atoms with Crippen LogP contribution in [0.25, 0.3) is 11.4 Å². The van der Waals surface area contributed by atoms with Gasteiger partial charge in [-0.1, -0.05) is 18.2 Å². The first-order chi connectivity index (χ1) is 12.6. The minimum Gasteiger partial charge on any atom is -0.368 e. The van der Waals surface area contributed by atoms with Gasteiger partial charge < -0.3 is 10.6 Å². The number of nitrogens with zero attached hydrogens (tertiary/aromatic N) is 2. The summed E-state index contributed by atoms with van der Waals surface area (Å²) >= 11 is 1.70. The summed E-state index contributed by atoms with van der Waals surface area (Å²) in [6.07, 6.45) is 2.57. The molecule has 2 heterocycles. The molecule has 0 saturated carbocycles. The first-order valence-corrected chi connectivity index (χ1v) is 9.50. The highest BCUT2D eigenvalue weighted by atomic mass is 32.1. The number of carbonyl (C=O) groups excluding carboxylic acids is 1. The highest BCUT2D eigenvalue weighted by Crippen LogP contribution is 2.18. The van der Waals surface area contributed by atoms with Gasteiger partial charge in [-0.05, 0) is 49.9 Å². The van der Waals surface area contributed by atoms with E-state index in [2.05, 4.69) is 40.5 Å². The summed E-state index contributed by atoms with van der Waals surface area (Å²) in [6.45, 7) is 4.74. The molecule has 1 amide bonds. The Morgan fingerprint density at radius 3 is 2.85 bits per heavy atom. The molecule has 26 heavy (non-hydrogen) atoms. The number of carbonyl (C=O) groups is 1. The van der Waals surface area contributed by atoms with E-state index >= 15 is 0 Å². The van der Waals surface area contributed by atoms with E-state index in [1.165, 1.54) is 4.88 Å². The lowest BCUT2D eigenvalue weighted by molar-refractivity contribution is 0.0954. The van der Waals surface area contributed by atoms with Crippen LogP contribution in [0, 0.1) is 0 Å². The Bertz CT molecular complexity index is 862. The molecule has 134 valence electrons. The highest BCUT2D eigenvalue weighted by molar-refractivity contribution is 7.09. The molecule has 0 bridgehead atoms. The normalized spacial score (nSPS) is 10.7. The summed E-state index contributed by atoms with van der Waals surface area (Å²) in [5.74, 6) is 1.29. The number of amides is 1. The van der Waals surface area contributed by atoms with Crippen LogP contribution in [0.2, 0.25) is 0 Å². The predicted octanol–water partition coefficient (Wildman–Crippen LogP) is 4.00. The van der Waals surface area contributed by atoms with Crippen molar-refractivity contribution in [2.24, 2.45) is 0 Å². The Kier molecular flexibility index (Phi) is 5.96. The van der Waals surface area contributed by atoms with Crippen LogP contribution in [-0.4, -0.2) is 28.5 Å². The third kappa shape index (κ3) is 4.89. The van der Waals surface area contributed by atoms with E-state index in [0.717, 1.165) is 17.8 Å². The molecule has 0 fully saturated rings. The maximum Gasteiger partial charge on any atom is 0.251 e. The molecule has 0 spiro atoms. The van der Waals surface area contributed by atoms with Gasteiger partial charge in [0.15, 0.2) is 5.82 Å². The van der Waals surface area contributed by atoms with Crippen molar-refractivity contribution in [3.63, 3.8) is 0 Å². The smallest absolute Gasteiger partial charge is 0.251 e. The van der Waals surface area contributed by atoms with E-state index in [4.69, 9.17) is 0 Å². The van der Waals surface area contributed by atoms with Crippen molar-refractivity contribution < 1.29 is 4.79 Å². The molecule has 3 aromatic rings. The van der Waals surface area contributed by atoms with Crippen molar-refractivity contribution in [2.45, 2.75) is 26.3 Å². The van der Waals surface area contributed by atoms with Crippen LogP contribution in [0.15, 0.2) is 54.0 Å². The third-order valence-corrected chi connectivity index (χ3v) is 4.65. The van der Waals surface area contributed by atoms with Crippen molar-refractivity contribution in [3.05, 3.63) is 64.5 Å². The van der Waals surface area contributed by atoms with Crippen molar-refractivity contribution >= 4 is 23.1 Å². The van der Waals surface area contributed by atoms with Crippen LogP contribution in [0.5, 0.6) is 0 Å². The van der Waals surface area contributed by atoms with E-state index in [-0.39, 0.29) is 5.91 Å². The number of rotatable bonds is 7. The summed E-state index contributed by atoms with van der Waals surface area (Å²) in [6, 6.07) is 13.6. The number of benzene rings is 1. The fourth-order valence-electron chi connectivity index (χ4n) is 2.53. The van der Waals surface area contributed by atoms with E-state index in [1.807, 2.05) is 35.7 Å². The second-order valence-electron chi connectivity index (χ2n) is 6.23. The molecule has 2 N–H and O–H groups in total. The molecule has 1 aromatic carbocycles. The molecular formula is C20H22N4OS. The lowest BCUT2D eigenvalue weighted by Crippen LogP contribution is -2.25. The molecular weight excluding hydrogens is 344 g/mol. The van der Waals surface area contributed by atoms with Crippen molar-refractivity contribution in [1.29, 1.82) is 0 Å². The van der Waals surface area contributed by atoms with Gasteiger partial charge in [0, 0.05) is 34.8 Å². The third-order valence-electron chi connectivity index (χ3n) is 3.71. The van der Waals surface area contributed by atoms with Gasteiger partial charge in [0.05, 0.1) is 0 Å². The Labute approximate surface area is 157 Å². The van der Waals surface area contributed by atoms with Crippen LogP contribution in [0.4, 0.5) is 5.82 Å². The van der Waals surface area contributed by atoms with E-state index in [0.29, 0.717) is 24.0 Å². The van der Waals surface area contributed by atoms with E-state index in [9.17, 15) is 4.79 Å². The topological polar surface area (TPSA) is 66.9 Å². The fraction of sp³-hybridized carbons (Fsp3) is 0.250. The van der Waals surface area contributed by atoms with Gasteiger partial charge >= 0.3 is 0 Å². The van der Waals surface area contributed by atoms with E-state index < -0.39 is 0 Å². The first kappa shape index (κ1) is 18.1. The highest BCUT2D eigenvalue weighted by Gasteiger charge is 2.09. The number of nitrogens with one attached hydrogen (secondary N) is 2. The Balaban J connectivity index is 1.68. The van der Waals surface area contributed by atoms with Crippen LogP contribution >= 0.6 is 11.3 Å². The maximum atomic E-state index is 12.4. The van der Waals surface area contributed by atoms with Crippen LogP contribution in [0.1, 0.15) is 29.1 Å². The minimum absolute atomic E-state index is 0.0835. The van der Waals surface area contributed by atoms with Crippen molar-refractivity contribution in [1.82, 2.24) is 15.3 Å². The Morgan fingerprint density at radius 2 is 2.08 bits per heavy atom. The zero-order chi connectivity index (χ0) is 18.4. The molecule has 0 aliphatic heterocycles. The van der Waals surface area contributed by atoms with Crippen LogP contribution in [0.3, 0.4) is 0 Å². The fourth-order valence-corrected chi connectivity index (χ4v) is 3.24. The standard InChI is InChI=1S/C20H22N4OS/c1-14(2)23-18-9-11-21-19(24-18)15-5-3-6-16(13-15)20(25)22-10-8-17-7-4-12-26-17/h3-7,9,11-14H,8,10H2,1-2H3,(H,22,25)(H,21,23,24). The second kappa shape index (κ2) is 8.58. The number of thiophene rings is 1. The van der Waals surface area contributed by atoms with Gasteiger partial charge in [-0.2, -0.15) is 0 Å². The Morgan fingerprint density at radius 1 is 1.19 bits per heavy atom. The molecule has 0 aliphatic carbocycles. The van der Waals surface area contributed by atoms with E-state index in [1.54, 1.807) is 23.6 Å². The maximum absolute atomic E-state index is 12.4. The van der Waals surface area contributed by atoms with Crippen molar-refractivity contribution in [3.8, 4) is 11.4 Å². The van der Waals surface area contributed by atoms with Gasteiger partial charge in [0.25, 0.3) is 5.91 Å². The predicted molar refractivity (Wildman–Crippen MR) is 107 cm³/mol. The van der Waals surface area contributed by atoms with Gasteiger partial charge in [0.1, 0.15) is 5.82 Å². The summed E-state index contributed by atoms with van der Waals surface area (Å²) in [5, 5.41) is 8.28. The zero-order valence-electron chi connectivity index (χ0n) is 14.9. The molecule has 0 saturated heterocycles. The quantitative estimate of drug-likeness (QED) is 0.663. The van der Waals surface area contributed by atoms with Crippen LogP contribution < -0.4 is 10.6 Å². The van der Waals surface area contributed by atoms with Gasteiger partial charge in [-0.25, -0.2) is 9.97 Å². The zero-order valence-corrected chi connectivity index (χ0v) is 15.7. The molecule has 0 unspecified atom stereocenters. The number of hydrogen-bond acceptors (Lipinski definition) is 5. The lowest BCUT2D eigenvalue weighted by atomic mass is 10.1. The van der Waals surface area contributed by atoms with Gasteiger partial charge in [-0.3, -0.25) is 4.79 Å². The first-order valence-electron chi connectivity index (χ1n) is 8.62. The summed E-state index contributed by atoms with van der Waals surface area (Å²) in [5.41, 5.74) is 1.43. The van der Waals surface area contributed by atoms with Crippen molar-refractivity contribution in [2.75, 3.05) is 11.9 Å². The number of aromatic nitrogens is 2. The molecule has 6 heteroatoms. The largest absolute Gasteiger partial charge is 0.368 e. The average Bonchev–Trinajstić information content (AvgIpc) is 3.15. The molecule has 0 aliphatic rings. The summed E-state index contributed by atoms with van der Waals surface area (Å²) in [4.78, 5) is 22.5. The SMILES string of the molecule is CC(C)Nc1ccnc(-c2cccc(C(=O)NCCc3cccs3)c2)n1. The average molecular weight is 366 g/mol.